The summed E-state index contributed by atoms with van der Waals surface area (Å²) < 4.78 is 87.5. The molecule has 9 heteroatoms. The molecule has 4 rings (SSSR count). The van der Waals surface area contributed by atoms with E-state index in [9.17, 15) is 30.7 Å². The largest absolute Gasteiger partial charge is 0.463 e. The molecule has 1 heterocycles. The fourth-order valence-electron chi connectivity index (χ4n) is 3.52. The first-order chi connectivity index (χ1) is 15.8. The van der Waals surface area contributed by atoms with Gasteiger partial charge in [0.1, 0.15) is 11.6 Å². The van der Waals surface area contributed by atoms with Gasteiger partial charge in [0.25, 0.3) is 0 Å². The summed E-state index contributed by atoms with van der Waals surface area (Å²) in [6.07, 6.45) is 0.971. The predicted molar refractivity (Wildman–Crippen MR) is 110 cm³/mol. The van der Waals surface area contributed by atoms with Crippen molar-refractivity contribution in [2.24, 2.45) is 4.99 Å². The summed E-state index contributed by atoms with van der Waals surface area (Å²) in [7, 11) is 0. The molecule has 0 saturated carbocycles. The molecule has 0 amide bonds. The van der Waals surface area contributed by atoms with Crippen LogP contribution in [0, 0.1) is 17.5 Å². The summed E-state index contributed by atoms with van der Waals surface area (Å²) in [5, 5.41) is 0. The van der Waals surface area contributed by atoms with Gasteiger partial charge in [0.2, 0.25) is 6.86 Å². The van der Waals surface area contributed by atoms with E-state index in [-0.39, 0.29) is 17.3 Å². The lowest BCUT2D eigenvalue weighted by atomic mass is 9.99. The Morgan fingerprint density at radius 2 is 1.36 bits per heavy atom. The van der Waals surface area contributed by atoms with Crippen LogP contribution in [-0.4, -0.2) is 19.3 Å². The van der Waals surface area contributed by atoms with Crippen LogP contribution in [0.15, 0.2) is 65.7 Å². The van der Waals surface area contributed by atoms with Crippen molar-refractivity contribution in [3.63, 3.8) is 0 Å². The SMILES string of the molecule is FC(F)F.FCOc1ccc(-c2ccc(C3CCC(c4c(F)ccc(F)c4F)=N3)cc2)cc1. The van der Waals surface area contributed by atoms with Crippen molar-refractivity contribution in [3.05, 3.63) is 89.2 Å². The van der Waals surface area contributed by atoms with Gasteiger partial charge < -0.3 is 4.74 Å². The van der Waals surface area contributed by atoms with Gasteiger partial charge in [-0.2, -0.15) is 13.2 Å². The maximum Gasteiger partial charge on any atom is 0.379 e. The molecular weight excluding hydrogens is 451 g/mol. The number of hydrogen-bond acceptors (Lipinski definition) is 2. The number of halogens is 7. The third-order valence-electron chi connectivity index (χ3n) is 5.00. The number of rotatable bonds is 5. The molecule has 3 aromatic carbocycles. The number of alkyl halides is 4. The van der Waals surface area contributed by atoms with Crippen molar-refractivity contribution in [3.8, 4) is 16.9 Å². The molecule has 0 N–H and O–H groups in total. The Morgan fingerprint density at radius 1 is 0.818 bits per heavy atom. The second-order valence-corrected chi connectivity index (χ2v) is 7.00. The van der Waals surface area contributed by atoms with Gasteiger partial charge in [0.05, 0.1) is 11.6 Å². The molecule has 1 unspecified atom stereocenters. The number of benzene rings is 3. The summed E-state index contributed by atoms with van der Waals surface area (Å²) in [5.74, 6) is -2.63. The predicted octanol–water partition coefficient (Wildman–Crippen LogP) is 7.58. The molecule has 3 aromatic rings. The van der Waals surface area contributed by atoms with Gasteiger partial charge in [-0.1, -0.05) is 36.4 Å². The maximum atomic E-state index is 14.0. The quantitative estimate of drug-likeness (QED) is 0.279. The zero-order valence-electron chi connectivity index (χ0n) is 17.1. The Balaban J connectivity index is 0.000000709. The van der Waals surface area contributed by atoms with Crippen molar-refractivity contribution >= 4 is 5.71 Å². The number of hydrogen-bond donors (Lipinski definition) is 0. The molecule has 174 valence electrons. The van der Waals surface area contributed by atoms with E-state index in [1.165, 1.54) is 0 Å². The standard InChI is InChI=1S/C23H17F4NO.CHF3/c24-13-29-17-7-5-15(6-8-17)14-1-3-16(4-2-14)20-11-12-21(28-20)22-18(25)9-10-19(26)23(22)27;2-1(3)4/h1-10,20H,11-13H2;1H. The zero-order chi connectivity index (χ0) is 24.0. The van der Waals surface area contributed by atoms with Crippen molar-refractivity contribution < 1.29 is 35.5 Å². The molecule has 1 aliphatic heterocycles. The molecule has 0 fully saturated rings. The Morgan fingerprint density at radius 3 is 1.94 bits per heavy atom. The number of ether oxygens (including phenoxy) is 1. The molecule has 0 aromatic heterocycles. The van der Waals surface area contributed by atoms with Gasteiger partial charge in [-0.25, -0.2) is 17.6 Å². The van der Waals surface area contributed by atoms with Crippen molar-refractivity contribution in [2.45, 2.75) is 25.6 Å². The monoisotopic (exact) mass is 469 g/mol. The van der Waals surface area contributed by atoms with Crippen LogP contribution in [0.1, 0.15) is 30.0 Å². The molecule has 0 aliphatic carbocycles. The van der Waals surface area contributed by atoms with E-state index in [0.29, 0.717) is 18.6 Å². The minimum absolute atomic E-state index is 0.235. The highest BCUT2D eigenvalue weighted by Crippen LogP contribution is 2.34. The van der Waals surface area contributed by atoms with Gasteiger partial charge >= 0.3 is 6.68 Å². The van der Waals surface area contributed by atoms with Crippen molar-refractivity contribution in [1.29, 1.82) is 0 Å². The summed E-state index contributed by atoms with van der Waals surface area (Å²) in [5.41, 5.74) is 2.70. The first kappa shape index (κ1) is 24.3. The second-order valence-electron chi connectivity index (χ2n) is 7.00. The summed E-state index contributed by atoms with van der Waals surface area (Å²) >= 11 is 0. The fourth-order valence-corrected chi connectivity index (χ4v) is 3.52. The van der Waals surface area contributed by atoms with E-state index in [0.717, 1.165) is 28.8 Å². The molecule has 0 saturated heterocycles. The second kappa shape index (κ2) is 11.0. The Hall–Kier alpha value is -3.36. The van der Waals surface area contributed by atoms with E-state index in [1.54, 1.807) is 12.1 Å². The summed E-state index contributed by atoms with van der Waals surface area (Å²) in [6.45, 7) is -4.54. The van der Waals surface area contributed by atoms with Crippen LogP contribution in [-0.2, 0) is 0 Å². The van der Waals surface area contributed by atoms with E-state index in [2.05, 4.69) is 4.99 Å². The molecule has 1 aliphatic rings. The smallest absolute Gasteiger partial charge is 0.379 e. The Kier molecular flexibility index (Phi) is 8.08. The van der Waals surface area contributed by atoms with Crippen molar-refractivity contribution in [2.75, 3.05) is 6.86 Å². The third kappa shape index (κ3) is 6.12. The molecule has 2 nitrogen and oxygen atoms in total. The number of aliphatic imine (C=N–C) groups is 1. The van der Waals surface area contributed by atoms with E-state index in [4.69, 9.17) is 4.74 Å². The lowest BCUT2D eigenvalue weighted by Gasteiger charge is -2.09. The third-order valence-corrected chi connectivity index (χ3v) is 5.00. The summed E-state index contributed by atoms with van der Waals surface area (Å²) in [6, 6.07) is 16.2. The molecule has 0 spiro atoms. The lowest BCUT2D eigenvalue weighted by molar-refractivity contribution is 0.00819. The van der Waals surface area contributed by atoms with Crippen LogP contribution < -0.4 is 4.74 Å². The van der Waals surface area contributed by atoms with E-state index >= 15 is 0 Å². The van der Waals surface area contributed by atoms with Crippen LogP contribution in [0.3, 0.4) is 0 Å². The van der Waals surface area contributed by atoms with E-state index < -0.39 is 31.0 Å². The van der Waals surface area contributed by atoms with Gasteiger partial charge in [-0.15, -0.1) is 0 Å². The summed E-state index contributed by atoms with van der Waals surface area (Å²) in [4.78, 5) is 4.44. The average molecular weight is 469 g/mol. The van der Waals surface area contributed by atoms with Crippen LogP contribution in [0.2, 0.25) is 0 Å². The first-order valence-electron chi connectivity index (χ1n) is 9.82. The topological polar surface area (TPSA) is 21.6 Å². The molecule has 1 atom stereocenters. The van der Waals surface area contributed by atoms with Gasteiger partial charge in [-0.05, 0) is 53.8 Å². The minimum Gasteiger partial charge on any atom is -0.463 e. The molecular formula is C24H18F7NO. The average Bonchev–Trinajstić information content (AvgIpc) is 3.27. The lowest BCUT2D eigenvalue weighted by Crippen LogP contribution is -2.06. The van der Waals surface area contributed by atoms with Crippen LogP contribution >= 0.6 is 0 Å². The highest BCUT2D eigenvalue weighted by atomic mass is 19.4. The Labute approximate surface area is 185 Å². The molecule has 0 radical (unpaired) electrons. The van der Waals surface area contributed by atoms with Crippen LogP contribution in [0.25, 0.3) is 11.1 Å². The molecule has 0 bridgehead atoms. The van der Waals surface area contributed by atoms with E-state index in [1.807, 2.05) is 36.4 Å². The highest BCUT2D eigenvalue weighted by Gasteiger charge is 2.26. The number of nitrogens with zero attached hydrogens (tertiary/aromatic N) is 1. The van der Waals surface area contributed by atoms with Gasteiger partial charge in [-0.3, -0.25) is 4.99 Å². The molecule has 33 heavy (non-hydrogen) atoms. The normalized spacial score (nSPS) is 15.2. The van der Waals surface area contributed by atoms with Crippen LogP contribution in [0.5, 0.6) is 5.75 Å². The van der Waals surface area contributed by atoms with Gasteiger partial charge in [0, 0.05) is 5.71 Å². The Bertz CT molecular complexity index is 1100. The van der Waals surface area contributed by atoms with Crippen LogP contribution in [0.4, 0.5) is 30.7 Å². The maximum absolute atomic E-state index is 14.0. The van der Waals surface area contributed by atoms with Crippen molar-refractivity contribution in [1.82, 2.24) is 0 Å². The zero-order valence-corrected chi connectivity index (χ0v) is 17.1. The minimum atomic E-state index is -3.67. The fraction of sp³-hybridized carbons (Fsp3) is 0.208. The highest BCUT2D eigenvalue weighted by molar-refractivity contribution is 6.02. The van der Waals surface area contributed by atoms with Gasteiger partial charge in [0.15, 0.2) is 11.6 Å². The first-order valence-corrected chi connectivity index (χ1v) is 9.82.